The van der Waals surface area contributed by atoms with Crippen molar-refractivity contribution in [1.29, 1.82) is 0 Å². The smallest absolute Gasteiger partial charge is 0.143 e. The van der Waals surface area contributed by atoms with Gasteiger partial charge in [-0.3, -0.25) is 0 Å². The van der Waals surface area contributed by atoms with Crippen LogP contribution in [0.15, 0.2) is 18.7 Å². The van der Waals surface area contributed by atoms with Crippen molar-refractivity contribution in [2.75, 3.05) is 0 Å². The molecule has 0 radical (unpaired) electrons. The Morgan fingerprint density at radius 1 is 1.40 bits per heavy atom. The molecular formula is C12H17N3. The van der Waals surface area contributed by atoms with Crippen molar-refractivity contribution in [1.82, 2.24) is 14.5 Å². The van der Waals surface area contributed by atoms with E-state index in [1.807, 2.05) is 6.20 Å². The van der Waals surface area contributed by atoms with Gasteiger partial charge in [-0.1, -0.05) is 13.3 Å². The highest BCUT2D eigenvalue weighted by Crippen LogP contribution is 2.22. The van der Waals surface area contributed by atoms with Crippen LogP contribution < -0.4 is 0 Å². The first-order valence-electron chi connectivity index (χ1n) is 5.53. The van der Waals surface area contributed by atoms with Gasteiger partial charge in [-0.25, -0.2) is 9.97 Å². The molecule has 0 aliphatic rings. The predicted molar refractivity (Wildman–Crippen MR) is 61.9 cm³/mol. The summed E-state index contributed by atoms with van der Waals surface area (Å²) >= 11 is 0. The number of aromatic nitrogens is 3. The quantitative estimate of drug-likeness (QED) is 0.767. The van der Waals surface area contributed by atoms with Crippen molar-refractivity contribution >= 4 is 11.0 Å². The van der Waals surface area contributed by atoms with Gasteiger partial charge in [0, 0.05) is 23.8 Å². The average Bonchev–Trinajstić information content (AvgIpc) is 2.59. The maximum Gasteiger partial charge on any atom is 0.143 e. The van der Waals surface area contributed by atoms with Gasteiger partial charge in [0.2, 0.25) is 0 Å². The minimum atomic E-state index is 0.452. The maximum atomic E-state index is 4.36. The molecule has 0 unspecified atom stereocenters. The molecule has 0 fully saturated rings. The fraction of sp³-hybridized carbons (Fsp3) is 0.500. The van der Waals surface area contributed by atoms with Gasteiger partial charge in [0.1, 0.15) is 12.0 Å². The van der Waals surface area contributed by atoms with Crippen LogP contribution in [0.3, 0.4) is 0 Å². The summed E-state index contributed by atoms with van der Waals surface area (Å²) in [5.41, 5.74) is 2.42. The molecule has 2 aromatic heterocycles. The summed E-state index contributed by atoms with van der Waals surface area (Å²) in [7, 11) is 0. The van der Waals surface area contributed by atoms with E-state index in [2.05, 4.69) is 41.5 Å². The van der Waals surface area contributed by atoms with E-state index in [9.17, 15) is 0 Å². The third kappa shape index (κ3) is 1.74. The molecule has 0 amide bonds. The fourth-order valence-corrected chi connectivity index (χ4v) is 1.92. The van der Waals surface area contributed by atoms with E-state index in [-0.39, 0.29) is 0 Å². The Labute approximate surface area is 90.2 Å². The van der Waals surface area contributed by atoms with E-state index in [0.717, 1.165) is 18.5 Å². The molecule has 0 N–H and O–H groups in total. The Hall–Kier alpha value is -1.38. The second-order valence-corrected chi connectivity index (χ2v) is 4.17. The number of nitrogens with zero attached hydrogens (tertiary/aromatic N) is 3. The van der Waals surface area contributed by atoms with E-state index in [1.165, 1.54) is 10.9 Å². The Bertz CT molecular complexity index is 457. The van der Waals surface area contributed by atoms with Gasteiger partial charge in [0.15, 0.2) is 0 Å². The van der Waals surface area contributed by atoms with Crippen LogP contribution in [0.25, 0.3) is 11.0 Å². The van der Waals surface area contributed by atoms with E-state index >= 15 is 0 Å². The number of aryl methyl sites for hydroxylation is 1. The van der Waals surface area contributed by atoms with Gasteiger partial charge in [0.05, 0.1) is 0 Å². The molecule has 2 aromatic rings. The lowest BCUT2D eigenvalue weighted by atomic mass is 10.1. The molecule has 3 heteroatoms. The topological polar surface area (TPSA) is 30.7 Å². The van der Waals surface area contributed by atoms with E-state index in [0.29, 0.717) is 6.04 Å². The average molecular weight is 203 g/mol. The lowest BCUT2D eigenvalue weighted by Gasteiger charge is -2.07. The lowest BCUT2D eigenvalue weighted by Crippen LogP contribution is -1.99. The van der Waals surface area contributed by atoms with Gasteiger partial charge in [0.25, 0.3) is 0 Å². The molecule has 0 aromatic carbocycles. The molecule has 0 saturated carbocycles. The van der Waals surface area contributed by atoms with E-state index in [1.54, 1.807) is 6.33 Å². The molecule has 2 rings (SSSR count). The van der Waals surface area contributed by atoms with Gasteiger partial charge in [-0.15, -0.1) is 0 Å². The molecule has 2 heterocycles. The Morgan fingerprint density at radius 2 is 2.20 bits per heavy atom. The largest absolute Gasteiger partial charge is 0.330 e. The van der Waals surface area contributed by atoms with Crippen molar-refractivity contribution < 1.29 is 0 Å². The fourth-order valence-electron chi connectivity index (χ4n) is 1.92. The van der Waals surface area contributed by atoms with Crippen molar-refractivity contribution in [3.05, 3.63) is 24.3 Å². The van der Waals surface area contributed by atoms with Crippen molar-refractivity contribution in [2.45, 2.75) is 39.7 Å². The molecule has 0 bridgehead atoms. The third-order valence-electron chi connectivity index (χ3n) is 2.65. The van der Waals surface area contributed by atoms with Crippen LogP contribution >= 0.6 is 0 Å². The second-order valence-electron chi connectivity index (χ2n) is 4.17. The third-order valence-corrected chi connectivity index (χ3v) is 2.65. The number of fused-ring (bicyclic) bond motifs is 1. The van der Waals surface area contributed by atoms with Crippen LogP contribution in [0, 0.1) is 0 Å². The normalized spacial score (nSPS) is 11.5. The summed E-state index contributed by atoms with van der Waals surface area (Å²) in [5, 5.41) is 1.20. The molecule has 0 aliphatic carbocycles. The van der Waals surface area contributed by atoms with E-state index in [4.69, 9.17) is 0 Å². The summed E-state index contributed by atoms with van der Waals surface area (Å²) in [6.45, 7) is 6.55. The van der Waals surface area contributed by atoms with Crippen LogP contribution in [0.4, 0.5) is 0 Å². The number of rotatable bonds is 3. The van der Waals surface area contributed by atoms with Crippen LogP contribution in [0.1, 0.15) is 38.8 Å². The zero-order chi connectivity index (χ0) is 10.8. The summed E-state index contributed by atoms with van der Waals surface area (Å²) in [4.78, 5) is 8.46. The monoisotopic (exact) mass is 203 g/mol. The highest BCUT2D eigenvalue weighted by Gasteiger charge is 2.10. The highest BCUT2D eigenvalue weighted by molar-refractivity contribution is 5.79. The molecule has 15 heavy (non-hydrogen) atoms. The van der Waals surface area contributed by atoms with Crippen molar-refractivity contribution in [3.8, 4) is 0 Å². The molecule has 0 atom stereocenters. The zero-order valence-corrected chi connectivity index (χ0v) is 9.57. The highest BCUT2D eigenvalue weighted by atomic mass is 15.1. The summed E-state index contributed by atoms with van der Waals surface area (Å²) in [6.07, 6.45) is 8.02. The maximum absolute atomic E-state index is 4.36. The summed E-state index contributed by atoms with van der Waals surface area (Å²) < 4.78 is 2.22. The van der Waals surface area contributed by atoms with Crippen LogP contribution in [-0.4, -0.2) is 14.5 Å². The Morgan fingerprint density at radius 3 is 2.87 bits per heavy atom. The summed E-state index contributed by atoms with van der Waals surface area (Å²) in [5.74, 6) is 0. The van der Waals surface area contributed by atoms with Gasteiger partial charge in [-0.05, 0) is 25.8 Å². The Kier molecular flexibility index (Phi) is 2.71. The molecule has 80 valence electrons. The number of hydrogen-bond donors (Lipinski definition) is 0. The van der Waals surface area contributed by atoms with Gasteiger partial charge in [-0.2, -0.15) is 0 Å². The number of hydrogen-bond acceptors (Lipinski definition) is 2. The molecule has 3 nitrogen and oxygen atoms in total. The Balaban J connectivity index is 2.62. The SMILES string of the molecule is CCCc1cn(C(C)C)c2ncncc12. The zero-order valence-electron chi connectivity index (χ0n) is 9.57. The summed E-state index contributed by atoms with van der Waals surface area (Å²) in [6, 6.07) is 0.452. The van der Waals surface area contributed by atoms with Crippen molar-refractivity contribution in [2.24, 2.45) is 0 Å². The lowest BCUT2D eigenvalue weighted by molar-refractivity contribution is 0.615. The first kappa shape index (κ1) is 10.1. The van der Waals surface area contributed by atoms with Gasteiger partial charge >= 0.3 is 0 Å². The molecule has 0 spiro atoms. The van der Waals surface area contributed by atoms with Crippen molar-refractivity contribution in [3.63, 3.8) is 0 Å². The molecule has 0 saturated heterocycles. The van der Waals surface area contributed by atoms with Gasteiger partial charge < -0.3 is 4.57 Å². The first-order chi connectivity index (χ1) is 7.24. The predicted octanol–water partition coefficient (Wildman–Crippen LogP) is 2.96. The molecule has 0 aliphatic heterocycles. The van der Waals surface area contributed by atoms with E-state index < -0.39 is 0 Å². The van der Waals surface area contributed by atoms with Crippen LogP contribution in [0.5, 0.6) is 0 Å². The van der Waals surface area contributed by atoms with Crippen LogP contribution in [0.2, 0.25) is 0 Å². The molecular weight excluding hydrogens is 186 g/mol. The standard InChI is InChI=1S/C12H17N3/c1-4-5-10-7-15(9(2)3)12-11(10)6-13-8-14-12/h6-9H,4-5H2,1-3H3. The minimum absolute atomic E-state index is 0.452. The minimum Gasteiger partial charge on any atom is -0.330 e. The van der Waals surface area contributed by atoms with Crippen LogP contribution in [-0.2, 0) is 6.42 Å². The second kappa shape index (κ2) is 4.01. The first-order valence-corrected chi connectivity index (χ1v) is 5.53.